The molecule has 1 aromatic carbocycles. The number of primary amides is 1. The Morgan fingerprint density at radius 1 is 1.21 bits per heavy atom. The Morgan fingerprint density at radius 2 is 1.86 bits per heavy atom. The molecule has 0 radical (unpaired) electrons. The van der Waals surface area contributed by atoms with Crippen molar-refractivity contribution in [3.05, 3.63) is 34.8 Å². The number of fused-ring (bicyclic) bond motifs is 1. The van der Waals surface area contributed by atoms with E-state index in [4.69, 9.17) is 25.1 Å². The highest BCUT2D eigenvalue weighted by Crippen LogP contribution is 2.43. The summed E-state index contributed by atoms with van der Waals surface area (Å²) < 4.78 is 18.0. The maximum atomic E-state index is 12.3. The molecule has 0 spiro atoms. The summed E-state index contributed by atoms with van der Waals surface area (Å²) >= 11 is 0. The standard InChI is InChI=1S/C19H25N5O5/c1-10-16(18(20)26)17(24-19(21-10)22-15(23-24)6-5-7-25)11-8-13(28-3)14(29-4)9-12(11)27-2/h8-9,17,25H,5-7H2,1-4H3,(H2,20,26)(H,21,22,23). The Kier molecular flexibility index (Phi) is 5.92. The first-order valence-electron chi connectivity index (χ1n) is 9.08. The molecular weight excluding hydrogens is 378 g/mol. The summed E-state index contributed by atoms with van der Waals surface area (Å²) in [6.45, 7) is 1.79. The van der Waals surface area contributed by atoms with Gasteiger partial charge in [-0.1, -0.05) is 0 Å². The van der Waals surface area contributed by atoms with Crippen LogP contribution in [0.3, 0.4) is 0 Å². The number of nitrogens with one attached hydrogen (secondary N) is 1. The second-order valence-corrected chi connectivity index (χ2v) is 6.50. The molecule has 10 heteroatoms. The summed E-state index contributed by atoms with van der Waals surface area (Å²) in [6, 6.07) is 2.75. The number of benzene rings is 1. The first-order valence-corrected chi connectivity index (χ1v) is 9.08. The third-order valence-electron chi connectivity index (χ3n) is 4.75. The quantitative estimate of drug-likeness (QED) is 0.594. The van der Waals surface area contributed by atoms with Crippen LogP contribution in [0, 0.1) is 0 Å². The van der Waals surface area contributed by atoms with Gasteiger partial charge in [0.25, 0.3) is 0 Å². The number of aromatic nitrogens is 3. The highest BCUT2D eigenvalue weighted by molar-refractivity contribution is 5.95. The van der Waals surface area contributed by atoms with E-state index in [0.29, 0.717) is 58.7 Å². The molecule has 0 saturated carbocycles. The number of methoxy groups -OCH3 is 3. The van der Waals surface area contributed by atoms with Gasteiger partial charge in [0.15, 0.2) is 17.3 Å². The molecule has 1 atom stereocenters. The maximum absolute atomic E-state index is 12.3. The zero-order valence-electron chi connectivity index (χ0n) is 16.9. The van der Waals surface area contributed by atoms with Crippen LogP contribution in [0.15, 0.2) is 23.4 Å². The lowest BCUT2D eigenvalue weighted by Crippen LogP contribution is -2.32. The smallest absolute Gasteiger partial charge is 0.248 e. The zero-order chi connectivity index (χ0) is 21.1. The summed E-state index contributed by atoms with van der Waals surface area (Å²) in [7, 11) is 4.59. The van der Waals surface area contributed by atoms with Gasteiger partial charge in [-0.25, -0.2) is 4.68 Å². The van der Waals surface area contributed by atoms with Gasteiger partial charge < -0.3 is 30.4 Å². The fourth-order valence-corrected chi connectivity index (χ4v) is 3.41. The first-order chi connectivity index (χ1) is 13.9. The normalized spacial score (nSPS) is 15.6. The number of aryl methyl sites for hydroxylation is 1. The molecule has 0 bridgehead atoms. The molecule has 2 heterocycles. The molecule has 0 saturated heterocycles. The first kappa shape index (κ1) is 20.5. The number of amides is 1. The van der Waals surface area contributed by atoms with Crippen molar-refractivity contribution in [2.45, 2.75) is 25.8 Å². The van der Waals surface area contributed by atoms with Crippen molar-refractivity contribution in [3.8, 4) is 17.2 Å². The number of aliphatic hydroxyl groups is 1. The highest BCUT2D eigenvalue weighted by Gasteiger charge is 2.35. The lowest BCUT2D eigenvalue weighted by molar-refractivity contribution is -0.115. The molecule has 0 aliphatic carbocycles. The molecule has 1 aliphatic heterocycles. The number of rotatable bonds is 8. The zero-order valence-corrected chi connectivity index (χ0v) is 16.9. The molecule has 1 aliphatic rings. The molecule has 29 heavy (non-hydrogen) atoms. The van der Waals surface area contributed by atoms with Gasteiger partial charge in [0, 0.05) is 30.4 Å². The summed E-state index contributed by atoms with van der Waals surface area (Å²) in [5.41, 5.74) is 7.26. The molecular formula is C19H25N5O5. The predicted octanol–water partition coefficient (Wildman–Crippen LogP) is 1.00. The molecule has 4 N–H and O–H groups in total. The largest absolute Gasteiger partial charge is 0.496 e. The number of anilines is 1. The number of nitrogens with zero attached hydrogens (tertiary/aromatic N) is 3. The molecule has 156 valence electrons. The molecule has 3 rings (SSSR count). The summed E-state index contributed by atoms with van der Waals surface area (Å²) in [5, 5.41) is 16.7. The number of nitrogens with two attached hydrogens (primary N) is 1. The van der Waals surface area contributed by atoms with Crippen LogP contribution in [-0.2, 0) is 11.2 Å². The average molecular weight is 403 g/mol. The molecule has 10 nitrogen and oxygen atoms in total. The van der Waals surface area contributed by atoms with E-state index in [0.717, 1.165) is 0 Å². The van der Waals surface area contributed by atoms with Gasteiger partial charge >= 0.3 is 0 Å². The van der Waals surface area contributed by atoms with E-state index in [2.05, 4.69) is 15.4 Å². The Morgan fingerprint density at radius 3 is 2.45 bits per heavy atom. The Bertz CT molecular complexity index is 953. The lowest BCUT2D eigenvalue weighted by Gasteiger charge is -2.29. The monoisotopic (exact) mass is 403 g/mol. The van der Waals surface area contributed by atoms with Crippen LogP contribution >= 0.6 is 0 Å². The molecule has 1 aromatic heterocycles. The van der Waals surface area contributed by atoms with Crippen molar-refractivity contribution in [1.82, 2.24) is 14.8 Å². The number of hydrogen-bond acceptors (Lipinski definition) is 8. The third kappa shape index (κ3) is 3.70. The fraction of sp³-hybridized carbons (Fsp3) is 0.421. The maximum Gasteiger partial charge on any atom is 0.248 e. The van der Waals surface area contributed by atoms with E-state index in [9.17, 15) is 4.79 Å². The summed E-state index contributed by atoms with van der Waals surface area (Å²) in [5.74, 6) is 1.89. The van der Waals surface area contributed by atoms with Crippen molar-refractivity contribution < 1.29 is 24.1 Å². The number of ether oxygens (including phenoxy) is 3. The van der Waals surface area contributed by atoms with Crippen LogP contribution in [0.5, 0.6) is 17.2 Å². The van der Waals surface area contributed by atoms with Crippen molar-refractivity contribution in [2.24, 2.45) is 5.73 Å². The van der Waals surface area contributed by atoms with E-state index in [1.807, 2.05) is 0 Å². The predicted molar refractivity (Wildman–Crippen MR) is 105 cm³/mol. The minimum absolute atomic E-state index is 0.0358. The number of carbonyl (C=O) groups excluding carboxylic acids is 1. The van der Waals surface area contributed by atoms with E-state index in [1.54, 1.807) is 23.7 Å². The minimum atomic E-state index is -0.672. The van der Waals surface area contributed by atoms with Gasteiger partial charge in [0.2, 0.25) is 11.9 Å². The Labute approximate surface area is 168 Å². The lowest BCUT2D eigenvalue weighted by atomic mass is 9.94. The SMILES string of the molecule is COc1cc(OC)c(C2C(C(N)=O)=C(C)Nc3nc(CCCO)nn32)cc1OC. The number of allylic oxidation sites excluding steroid dienone is 1. The van der Waals surface area contributed by atoms with Crippen LogP contribution in [0.1, 0.15) is 30.8 Å². The highest BCUT2D eigenvalue weighted by atomic mass is 16.5. The topological polar surface area (TPSA) is 134 Å². The summed E-state index contributed by atoms with van der Waals surface area (Å²) in [4.78, 5) is 16.8. The van der Waals surface area contributed by atoms with Gasteiger partial charge in [0.1, 0.15) is 11.8 Å². The Balaban J connectivity index is 2.22. The second kappa shape index (κ2) is 8.39. The molecule has 1 amide bonds. The van der Waals surface area contributed by atoms with Gasteiger partial charge in [-0.2, -0.15) is 10.1 Å². The van der Waals surface area contributed by atoms with E-state index in [1.165, 1.54) is 21.3 Å². The average Bonchev–Trinajstić information content (AvgIpc) is 3.12. The molecule has 1 unspecified atom stereocenters. The van der Waals surface area contributed by atoms with Gasteiger partial charge in [-0.05, 0) is 19.4 Å². The molecule has 2 aromatic rings. The van der Waals surface area contributed by atoms with Crippen molar-refractivity contribution >= 4 is 11.9 Å². The number of carbonyl (C=O) groups is 1. The van der Waals surface area contributed by atoms with E-state index < -0.39 is 11.9 Å². The van der Waals surface area contributed by atoms with Gasteiger partial charge in [-0.3, -0.25) is 4.79 Å². The van der Waals surface area contributed by atoms with Crippen LogP contribution < -0.4 is 25.3 Å². The fourth-order valence-electron chi connectivity index (χ4n) is 3.41. The minimum Gasteiger partial charge on any atom is -0.496 e. The van der Waals surface area contributed by atoms with Gasteiger partial charge in [-0.15, -0.1) is 0 Å². The van der Waals surface area contributed by atoms with E-state index in [-0.39, 0.29) is 6.61 Å². The van der Waals surface area contributed by atoms with Gasteiger partial charge in [0.05, 0.1) is 26.9 Å². The van der Waals surface area contributed by atoms with E-state index >= 15 is 0 Å². The van der Waals surface area contributed by atoms with Crippen LogP contribution in [0.25, 0.3) is 0 Å². The Hall–Kier alpha value is -3.27. The van der Waals surface area contributed by atoms with Crippen LogP contribution in [-0.4, -0.2) is 53.7 Å². The molecule has 0 fully saturated rings. The number of aliphatic hydroxyl groups excluding tert-OH is 1. The van der Waals surface area contributed by atoms with Crippen molar-refractivity contribution in [3.63, 3.8) is 0 Å². The second-order valence-electron chi connectivity index (χ2n) is 6.50. The number of hydrogen-bond donors (Lipinski definition) is 3. The third-order valence-corrected chi connectivity index (χ3v) is 4.75. The van der Waals surface area contributed by atoms with Crippen molar-refractivity contribution in [1.29, 1.82) is 0 Å². The summed E-state index contributed by atoms with van der Waals surface area (Å²) in [6.07, 6.45) is 1.03. The van der Waals surface area contributed by atoms with Crippen LogP contribution in [0.2, 0.25) is 0 Å². The van der Waals surface area contributed by atoms with Crippen LogP contribution in [0.4, 0.5) is 5.95 Å². The van der Waals surface area contributed by atoms with Crippen molar-refractivity contribution in [2.75, 3.05) is 33.3 Å².